The van der Waals surface area contributed by atoms with E-state index in [1.165, 1.54) is 31.5 Å². The van der Waals surface area contributed by atoms with Gasteiger partial charge in [0.05, 0.1) is 24.2 Å². The number of nitrogens with two attached hydrogens (primary N) is 1. The number of nitrogens with one attached hydrogen (secondary N) is 2. The van der Waals surface area contributed by atoms with Crippen LogP contribution in [0, 0.1) is 5.41 Å². The lowest BCUT2D eigenvalue weighted by Gasteiger charge is -2.29. The summed E-state index contributed by atoms with van der Waals surface area (Å²) in [5.74, 6) is 0.238. The highest BCUT2D eigenvalue weighted by Gasteiger charge is 2.16. The van der Waals surface area contributed by atoms with Crippen molar-refractivity contribution in [3.63, 3.8) is 0 Å². The summed E-state index contributed by atoms with van der Waals surface area (Å²) in [6.07, 6.45) is 6.35. The van der Waals surface area contributed by atoms with Crippen LogP contribution in [0.1, 0.15) is 35.4 Å². The first kappa shape index (κ1) is 19.4. The van der Waals surface area contributed by atoms with Gasteiger partial charge in [-0.05, 0) is 55.8 Å². The standard InChI is InChI=1S/C21H25N5O2/c1-28-20-14-15(26-12-3-2-4-13-26)8-9-18(20)25-21(27)19-7-5-6-17(24-19)16(23)10-11-22/h5-11,14,23H,2-4,12-13,22H2,1H3,(H,25,27)/b11-10-,23-16?. The van der Waals surface area contributed by atoms with Crippen LogP contribution in [-0.2, 0) is 0 Å². The molecule has 1 saturated heterocycles. The van der Waals surface area contributed by atoms with Crippen molar-refractivity contribution in [2.75, 3.05) is 30.4 Å². The third kappa shape index (κ3) is 4.49. The number of anilines is 2. The number of amides is 1. The molecule has 1 aromatic carbocycles. The third-order valence-electron chi connectivity index (χ3n) is 4.68. The van der Waals surface area contributed by atoms with E-state index < -0.39 is 0 Å². The maximum Gasteiger partial charge on any atom is 0.274 e. The molecular formula is C21H25N5O2. The molecule has 2 aromatic rings. The number of carbonyl (C=O) groups excluding carboxylic acids is 1. The molecule has 2 heterocycles. The number of hydrogen-bond donors (Lipinski definition) is 3. The van der Waals surface area contributed by atoms with E-state index in [1.54, 1.807) is 25.3 Å². The molecule has 1 aliphatic heterocycles. The van der Waals surface area contributed by atoms with Crippen molar-refractivity contribution in [3.05, 3.63) is 60.1 Å². The first-order chi connectivity index (χ1) is 13.6. The number of benzene rings is 1. The quantitative estimate of drug-likeness (QED) is 0.669. The highest BCUT2D eigenvalue weighted by Crippen LogP contribution is 2.31. The lowest BCUT2D eigenvalue weighted by molar-refractivity contribution is 0.102. The van der Waals surface area contributed by atoms with Gasteiger partial charge in [0.1, 0.15) is 11.4 Å². The molecule has 0 atom stereocenters. The lowest BCUT2D eigenvalue weighted by Crippen LogP contribution is -2.29. The van der Waals surface area contributed by atoms with E-state index in [1.807, 2.05) is 18.2 Å². The van der Waals surface area contributed by atoms with Crippen LogP contribution in [0.3, 0.4) is 0 Å². The van der Waals surface area contributed by atoms with E-state index in [9.17, 15) is 4.79 Å². The van der Waals surface area contributed by atoms with E-state index in [4.69, 9.17) is 15.9 Å². The van der Waals surface area contributed by atoms with E-state index in [2.05, 4.69) is 15.2 Å². The summed E-state index contributed by atoms with van der Waals surface area (Å²) in [4.78, 5) is 19.2. The number of piperidine rings is 1. The van der Waals surface area contributed by atoms with Crippen LogP contribution >= 0.6 is 0 Å². The van der Waals surface area contributed by atoms with Crippen LogP contribution in [0.5, 0.6) is 5.75 Å². The molecule has 0 spiro atoms. The second-order valence-electron chi connectivity index (χ2n) is 6.57. The van der Waals surface area contributed by atoms with Crippen LogP contribution in [0.2, 0.25) is 0 Å². The monoisotopic (exact) mass is 379 g/mol. The van der Waals surface area contributed by atoms with Crippen LogP contribution in [0.15, 0.2) is 48.7 Å². The third-order valence-corrected chi connectivity index (χ3v) is 4.68. The summed E-state index contributed by atoms with van der Waals surface area (Å²) in [7, 11) is 1.59. The Morgan fingerprint density at radius 2 is 1.96 bits per heavy atom. The number of allylic oxidation sites excluding steroid dienone is 1. The molecule has 0 saturated carbocycles. The van der Waals surface area contributed by atoms with Gasteiger partial charge in [-0.25, -0.2) is 4.98 Å². The minimum atomic E-state index is -0.365. The number of pyridine rings is 1. The van der Waals surface area contributed by atoms with Crippen molar-refractivity contribution >= 4 is 23.0 Å². The second-order valence-corrected chi connectivity index (χ2v) is 6.57. The summed E-state index contributed by atoms with van der Waals surface area (Å²) in [6, 6.07) is 10.7. The number of methoxy groups -OCH3 is 1. The Balaban J connectivity index is 1.78. The Kier molecular flexibility index (Phi) is 6.26. The maximum absolute atomic E-state index is 12.6. The molecule has 0 radical (unpaired) electrons. The minimum Gasteiger partial charge on any atom is -0.494 e. The number of carbonyl (C=O) groups is 1. The number of nitrogens with zero attached hydrogens (tertiary/aromatic N) is 2. The molecule has 0 bridgehead atoms. The molecule has 7 heteroatoms. The number of ether oxygens (including phenoxy) is 1. The molecule has 28 heavy (non-hydrogen) atoms. The summed E-state index contributed by atoms with van der Waals surface area (Å²) in [5, 5.41) is 10.7. The summed E-state index contributed by atoms with van der Waals surface area (Å²) < 4.78 is 5.49. The SMILES string of the molecule is COc1cc(N2CCCCC2)ccc1NC(=O)c1cccc(C(=N)/C=C\N)n1. The summed E-state index contributed by atoms with van der Waals surface area (Å²) in [5.41, 5.74) is 7.73. The predicted molar refractivity (Wildman–Crippen MR) is 111 cm³/mol. The van der Waals surface area contributed by atoms with E-state index in [0.717, 1.165) is 18.8 Å². The van der Waals surface area contributed by atoms with Gasteiger partial charge in [-0.15, -0.1) is 0 Å². The van der Waals surface area contributed by atoms with Gasteiger partial charge in [0.25, 0.3) is 5.91 Å². The first-order valence-electron chi connectivity index (χ1n) is 9.31. The number of rotatable bonds is 6. The van der Waals surface area contributed by atoms with Gasteiger partial charge in [0.15, 0.2) is 0 Å². The fourth-order valence-corrected chi connectivity index (χ4v) is 3.21. The molecule has 7 nitrogen and oxygen atoms in total. The van der Waals surface area contributed by atoms with E-state index in [0.29, 0.717) is 17.1 Å². The summed E-state index contributed by atoms with van der Waals surface area (Å²) in [6.45, 7) is 2.07. The van der Waals surface area contributed by atoms with Gasteiger partial charge in [-0.1, -0.05) is 6.07 Å². The Morgan fingerprint density at radius 1 is 1.21 bits per heavy atom. The molecular weight excluding hydrogens is 354 g/mol. The maximum atomic E-state index is 12.6. The zero-order valence-corrected chi connectivity index (χ0v) is 15.9. The van der Waals surface area contributed by atoms with Crippen molar-refractivity contribution in [2.45, 2.75) is 19.3 Å². The first-order valence-corrected chi connectivity index (χ1v) is 9.31. The number of hydrogen-bond acceptors (Lipinski definition) is 6. The van der Waals surface area contributed by atoms with Crippen molar-refractivity contribution in [3.8, 4) is 5.75 Å². The largest absolute Gasteiger partial charge is 0.494 e. The molecule has 0 unspecified atom stereocenters. The van der Waals surface area contributed by atoms with Crippen LogP contribution in [0.4, 0.5) is 11.4 Å². The molecule has 146 valence electrons. The Hall–Kier alpha value is -3.35. The average molecular weight is 379 g/mol. The van der Waals surface area contributed by atoms with Crippen molar-refractivity contribution < 1.29 is 9.53 Å². The average Bonchev–Trinajstić information content (AvgIpc) is 2.75. The normalized spacial score (nSPS) is 14.1. The predicted octanol–water partition coefficient (Wildman–Crippen LogP) is 3.17. The van der Waals surface area contributed by atoms with Gasteiger partial charge >= 0.3 is 0 Å². The Morgan fingerprint density at radius 3 is 2.68 bits per heavy atom. The topological polar surface area (TPSA) is 104 Å². The zero-order chi connectivity index (χ0) is 19.9. The van der Waals surface area contributed by atoms with Crippen LogP contribution < -0.4 is 20.7 Å². The van der Waals surface area contributed by atoms with E-state index in [-0.39, 0.29) is 17.3 Å². The lowest BCUT2D eigenvalue weighted by atomic mass is 10.1. The van der Waals surface area contributed by atoms with Gasteiger partial charge in [-0.3, -0.25) is 10.2 Å². The van der Waals surface area contributed by atoms with Crippen LogP contribution in [0.25, 0.3) is 0 Å². The molecule has 1 aliphatic rings. The van der Waals surface area contributed by atoms with Crippen molar-refractivity contribution in [1.82, 2.24) is 4.98 Å². The van der Waals surface area contributed by atoms with Gasteiger partial charge < -0.3 is 20.7 Å². The molecule has 0 aliphatic carbocycles. The fourth-order valence-electron chi connectivity index (χ4n) is 3.21. The molecule has 1 fully saturated rings. The Bertz CT molecular complexity index is 888. The van der Waals surface area contributed by atoms with Gasteiger partial charge in [0, 0.05) is 24.8 Å². The fraction of sp³-hybridized carbons (Fsp3) is 0.286. The molecule has 1 amide bonds. The number of aromatic nitrogens is 1. The smallest absolute Gasteiger partial charge is 0.274 e. The van der Waals surface area contributed by atoms with Crippen molar-refractivity contribution in [1.29, 1.82) is 5.41 Å². The summed E-state index contributed by atoms with van der Waals surface area (Å²) >= 11 is 0. The Labute approximate surface area is 164 Å². The van der Waals surface area contributed by atoms with Crippen molar-refractivity contribution in [2.24, 2.45) is 5.73 Å². The highest BCUT2D eigenvalue weighted by atomic mass is 16.5. The zero-order valence-electron chi connectivity index (χ0n) is 15.9. The van der Waals surface area contributed by atoms with E-state index >= 15 is 0 Å². The van der Waals surface area contributed by atoms with Crippen LogP contribution in [-0.4, -0.2) is 36.8 Å². The minimum absolute atomic E-state index is 0.139. The molecule has 3 rings (SSSR count). The molecule has 4 N–H and O–H groups in total. The van der Waals surface area contributed by atoms with Gasteiger partial charge in [0.2, 0.25) is 0 Å². The highest BCUT2D eigenvalue weighted by molar-refractivity contribution is 6.07. The second kappa shape index (κ2) is 9.03. The molecule has 1 aromatic heterocycles. The van der Waals surface area contributed by atoms with Gasteiger partial charge in [-0.2, -0.15) is 0 Å².